The minimum Gasteiger partial charge on any atom is -0.507 e. The molecule has 3 aliphatic heterocycles. The Bertz CT molecular complexity index is 4230. The minimum atomic E-state index is -3.55. The van der Waals surface area contributed by atoms with Crippen LogP contribution in [0.25, 0.3) is 33.4 Å². The number of aromatic hydroxyl groups is 1. The first kappa shape index (κ1) is 62.5. The summed E-state index contributed by atoms with van der Waals surface area (Å²) in [5.41, 5.74) is 14.2. The summed E-state index contributed by atoms with van der Waals surface area (Å²) in [6, 6.07) is 58.9. The van der Waals surface area contributed by atoms with Gasteiger partial charge in [0.05, 0.1) is 28.2 Å². The maximum absolute atomic E-state index is 14.5. The van der Waals surface area contributed by atoms with Crippen LogP contribution in [0.5, 0.6) is 34.5 Å². The van der Waals surface area contributed by atoms with Crippen LogP contribution < -0.4 is 38.7 Å². The first-order chi connectivity index (χ1) is 40.9. The number of para-hydroxylation sites is 3. The molecular formula is C75H81O9P3. The van der Waals surface area contributed by atoms with Crippen LogP contribution in [-0.4, -0.2) is 10.7 Å². The van der Waals surface area contributed by atoms with Crippen LogP contribution in [0.4, 0.5) is 0 Å². The van der Waals surface area contributed by atoms with Gasteiger partial charge in [0, 0.05) is 33.4 Å². The second-order valence-electron chi connectivity index (χ2n) is 26.5. The van der Waals surface area contributed by atoms with Crippen LogP contribution in [0.15, 0.2) is 182 Å². The molecule has 0 aromatic heterocycles. The predicted molar refractivity (Wildman–Crippen MR) is 359 cm³/mol. The first-order valence-corrected chi connectivity index (χ1v) is 35.0. The van der Waals surface area contributed by atoms with Crippen LogP contribution in [0.1, 0.15) is 132 Å². The molecule has 12 heteroatoms. The summed E-state index contributed by atoms with van der Waals surface area (Å²) in [5.74, 6) is 3.96. The third-order valence-electron chi connectivity index (χ3n) is 16.0. The number of aryl methyl sites for hydroxylation is 4. The quantitative estimate of drug-likeness (QED) is 0.148. The molecule has 0 saturated heterocycles. The number of fused-ring (bicyclic) bond motifs is 9. The molecule has 0 saturated carbocycles. The predicted octanol–water partition coefficient (Wildman–Crippen LogP) is 20.2. The normalized spacial score (nSPS) is 17.9. The molecule has 9 aromatic rings. The average Bonchev–Trinajstić information content (AvgIpc) is 0.890. The van der Waals surface area contributed by atoms with Crippen LogP contribution in [-0.2, 0) is 36.8 Å². The van der Waals surface area contributed by atoms with Gasteiger partial charge < -0.3 is 27.9 Å². The Morgan fingerprint density at radius 1 is 0.425 bits per heavy atom. The monoisotopic (exact) mass is 1220 g/mol. The zero-order valence-electron chi connectivity index (χ0n) is 52.9. The third kappa shape index (κ3) is 13.1. The summed E-state index contributed by atoms with van der Waals surface area (Å²) in [5, 5.41) is 12.8. The van der Waals surface area contributed by atoms with Gasteiger partial charge in [-0.1, -0.05) is 201 Å². The molecule has 12 rings (SSSR count). The summed E-state index contributed by atoms with van der Waals surface area (Å²) >= 11 is 0. The molecule has 3 unspecified atom stereocenters. The van der Waals surface area contributed by atoms with Crippen molar-refractivity contribution in [1.82, 2.24) is 0 Å². The number of benzene rings is 9. The Kier molecular flexibility index (Phi) is 17.2. The zero-order chi connectivity index (χ0) is 62.6. The van der Waals surface area contributed by atoms with Gasteiger partial charge in [-0.15, -0.1) is 0 Å². The number of hydrogen-bond donors (Lipinski definition) is 1. The standard InChI is InChI=1S/C28H33O3P.C24H25O3P.C23H23O3P/c1-19-16-21(27(2,3)4)17-20(26(19)30-28(5,6)7)18-32(29)25-15-11-9-13-23(25)22-12-8-10-14-24(22)31-32;1-16-13-18(24(2,3)4)14-17(23(16)25)15-28(26)22-12-8-6-10-20(22)19-9-5-7-11-21(19)27-28;1-15(2)18-13-16(3)23(17(4)14-18)26-27(24)22-12-8-6-10-20(22)19-9-5-7-11-21(19)25-27/h8-17H,18H2,1-7H3;5-14,25H,15H2,1-4H3;5-15H,1-4H3. The summed E-state index contributed by atoms with van der Waals surface area (Å²) in [7, 11) is -10.0. The average molecular weight is 1220 g/mol. The lowest BCUT2D eigenvalue weighted by molar-refractivity contribution is 0.128. The van der Waals surface area contributed by atoms with Crippen LogP contribution in [0.3, 0.4) is 0 Å². The smallest absolute Gasteiger partial charge is 0.463 e. The van der Waals surface area contributed by atoms with Crippen molar-refractivity contribution in [2.45, 2.75) is 139 Å². The van der Waals surface area contributed by atoms with E-state index in [-0.39, 0.29) is 34.5 Å². The van der Waals surface area contributed by atoms with Gasteiger partial charge in [0.1, 0.15) is 40.1 Å². The van der Waals surface area contributed by atoms with Crippen molar-refractivity contribution in [3.63, 3.8) is 0 Å². The van der Waals surface area contributed by atoms with E-state index in [9.17, 15) is 18.8 Å². The lowest BCUT2D eigenvalue weighted by Crippen LogP contribution is -2.25. The maximum atomic E-state index is 14.5. The van der Waals surface area contributed by atoms with E-state index in [4.69, 9.17) is 22.8 Å². The molecule has 3 heterocycles. The number of hydrogen-bond acceptors (Lipinski definition) is 9. The lowest BCUT2D eigenvalue weighted by atomic mass is 9.85. The molecule has 0 fully saturated rings. The minimum absolute atomic E-state index is 0.0355. The van der Waals surface area contributed by atoms with Crippen molar-refractivity contribution in [2.24, 2.45) is 0 Å². The van der Waals surface area contributed by atoms with Crippen molar-refractivity contribution in [3.05, 3.63) is 232 Å². The summed E-state index contributed by atoms with van der Waals surface area (Å²) in [4.78, 5) is 0. The summed E-state index contributed by atoms with van der Waals surface area (Å²) < 4.78 is 73.4. The van der Waals surface area contributed by atoms with Gasteiger partial charge in [-0.3, -0.25) is 9.13 Å². The Hall–Kier alpha value is -7.53. The Morgan fingerprint density at radius 3 is 1.22 bits per heavy atom. The topological polar surface area (TPSA) is 118 Å². The molecule has 3 aliphatic rings. The number of phenols is 1. The fourth-order valence-electron chi connectivity index (χ4n) is 11.4. The van der Waals surface area contributed by atoms with Crippen LogP contribution >= 0.6 is 22.3 Å². The molecule has 0 amide bonds. The summed E-state index contributed by atoms with van der Waals surface area (Å²) in [6.07, 6.45) is 0.448. The van der Waals surface area contributed by atoms with Crippen molar-refractivity contribution in [2.75, 3.05) is 0 Å². The van der Waals surface area contributed by atoms with Gasteiger partial charge in [-0.05, 0) is 152 Å². The van der Waals surface area contributed by atoms with Crippen molar-refractivity contribution < 1.29 is 41.6 Å². The van der Waals surface area contributed by atoms with E-state index in [1.807, 2.05) is 199 Å². The van der Waals surface area contributed by atoms with E-state index in [0.717, 1.165) is 77.8 Å². The molecule has 3 atom stereocenters. The second kappa shape index (κ2) is 23.9. The van der Waals surface area contributed by atoms with E-state index in [1.165, 1.54) is 11.1 Å². The molecule has 87 heavy (non-hydrogen) atoms. The Morgan fingerprint density at radius 2 is 0.782 bits per heavy atom. The molecule has 0 spiro atoms. The van der Waals surface area contributed by atoms with E-state index in [0.29, 0.717) is 45.1 Å². The van der Waals surface area contributed by atoms with E-state index in [2.05, 4.69) is 86.6 Å². The zero-order valence-corrected chi connectivity index (χ0v) is 55.6. The highest BCUT2D eigenvalue weighted by Crippen LogP contribution is 2.60. The van der Waals surface area contributed by atoms with E-state index in [1.54, 1.807) is 0 Å². The van der Waals surface area contributed by atoms with Gasteiger partial charge in [-0.25, -0.2) is 4.57 Å². The van der Waals surface area contributed by atoms with Crippen molar-refractivity contribution in [1.29, 1.82) is 0 Å². The third-order valence-corrected chi connectivity index (χ3v) is 22.6. The molecule has 0 bridgehead atoms. The van der Waals surface area contributed by atoms with Crippen molar-refractivity contribution in [3.8, 4) is 67.9 Å². The molecule has 0 radical (unpaired) electrons. The molecular weight excluding hydrogens is 1140 g/mol. The summed E-state index contributed by atoms with van der Waals surface area (Å²) in [6.45, 7) is 31.4. The fraction of sp³-hybridized carbons (Fsp3) is 0.280. The molecule has 1 N–H and O–H groups in total. The van der Waals surface area contributed by atoms with Crippen LogP contribution in [0.2, 0.25) is 0 Å². The highest BCUT2D eigenvalue weighted by molar-refractivity contribution is 7.67. The Labute approximate surface area is 515 Å². The van der Waals surface area contributed by atoms with Gasteiger partial charge in [0.15, 0.2) is 0 Å². The second-order valence-corrected chi connectivity index (χ2v) is 33.0. The first-order valence-electron chi connectivity index (χ1n) is 29.9. The SMILES string of the molecule is Cc1cc(C(C)(C)C)cc(CP2(=O)Oc3ccccc3-c3ccccc32)c1O.Cc1cc(C(C)(C)C)cc(CP2(=O)Oc3ccccc3-c3ccccc32)c1OC(C)(C)C.Cc1cc(C(C)C)cc(C)c1OP1(=O)Oc2ccccc2-c2ccccc21. The molecule has 0 aliphatic carbocycles. The number of rotatable bonds is 8. The molecule has 9 nitrogen and oxygen atoms in total. The largest absolute Gasteiger partial charge is 0.507 e. The van der Waals surface area contributed by atoms with Gasteiger partial charge >= 0.3 is 7.60 Å². The van der Waals surface area contributed by atoms with Gasteiger partial charge in [0.2, 0.25) is 0 Å². The van der Waals surface area contributed by atoms with Crippen molar-refractivity contribution >= 4 is 38.2 Å². The highest BCUT2D eigenvalue weighted by Gasteiger charge is 2.41. The molecule has 450 valence electrons. The fourth-order valence-corrected chi connectivity index (χ4v) is 18.1. The Balaban J connectivity index is 0.000000145. The molecule has 9 aromatic carbocycles. The van der Waals surface area contributed by atoms with Gasteiger partial charge in [0.25, 0.3) is 14.7 Å². The van der Waals surface area contributed by atoms with Gasteiger partial charge in [-0.2, -0.15) is 0 Å². The van der Waals surface area contributed by atoms with E-state index < -0.39 is 22.3 Å². The highest BCUT2D eigenvalue weighted by atomic mass is 31.2. The lowest BCUT2D eigenvalue weighted by Gasteiger charge is -2.31. The number of phenolic OH excluding ortho intramolecular Hbond substituents is 1. The number of ether oxygens (including phenoxy) is 1. The maximum Gasteiger partial charge on any atom is 0.463 e. The van der Waals surface area contributed by atoms with Crippen LogP contribution in [0, 0.1) is 27.7 Å². The van der Waals surface area contributed by atoms with E-state index >= 15 is 0 Å².